The van der Waals surface area contributed by atoms with Crippen LogP contribution in [0.5, 0.6) is 0 Å². The Labute approximate surface area is 128 Å². The Bertz CT molecular complexity index is 653. The molecule has 5 heteroatoms. The Morgan fingerprint density at radius 1 is 1.33 bits per heavy atom. The fourth-order valence-electron chi connectivity index (χ4n) is 2.54. The average molecular weight is 301 g/mol. The van der Waals surface area contributed by atoms with E-state index in [-0.39, 0.29) is 5.91 Å². The number of anilines is 1. The number of fused-ring (bicyclic) bond motifs is 1. The SMILES string of the molecule is CCNc1nc(C(=O)N2CCSCC2)cc2ccccc12. The molecule has 110 valence electrons. The molecular formula is C16H19N3OS. The van der Waals surface area contributed by atoms with Crippen LogP contribution in [0.2, 0.25) is 0 Å². The molecule has 0 spiro atoms. The number of aromatic nitrogens is 1. The number of carbonyl (C=O) groups is 1. The molecule has 0 saturated carbocycles. The fraction of sp³-hybridized carbons (Fsp3) is 0.375. The van der Waals surface area contributed by atoms with Crippen LogP contribution < -0.4 is 5.32 Å². The first-order valence-electron chi connectivity index (χ1n) is 7.30. The van der Waals surface area contributed by atoms with E-state index in [1.165, 1.54) is 0 Å². The van der Waals surface area contributed by atoms with Gasteiger partial charge in [-0.3, -0.25) is 4.79 Å². The van der Waals surface area contributed by atoms with Gasteiger partial charge in [0.25, 0.3) is 5.91 Å². The van der Waals surface area contributed by atoms with Gasteiger partial charge in [-0.25, -0.2) is 4.98 Å². The van der Waals surface area contributed by atoms with Crippen molar-refractivity contribution in [2.24, 2.45) is 0 Å². The minimum Gasteiger partial charge on any atom is -0.370 e. The predicted molar refractivity (Wildman–Crippen MR) is 89.1 cm³/mol. The number of amides is 1. The highest BCUT2D eigenvalue weighted by Crippen LogP contribution is 2.23. The monoisotopic (exact) mass is 301 g/mol. The Kier molecular flexibility index (Phi) is 4.29. The first-order chi connectivity index (χ1) is 10.3. The van der Waals surface area contributed by atoms with Gasteiger partial charge in [0.2, 0.25) is 0 Å². The van der Waals surface area contributed by atoms with E-state index in [9.17, 15) is 4.79 Å². The van der Waals surface area contributed by atoms with Crippen LogP contribution in [0, 0.1) is 0 Å². The van der Waals surface area contributed by atoms with Crippen molar-refractivity contribution in [2.75, 3.05) is 36.5 Å². The van der Waals surface area contributed by atoms with Crippen molar-refractivity contribution in [3.8, 4) is 0 Å². The van der Waals surface area contributed by atoms with E-state index >= 15 is 0 Å². The molecule has 1 fully saturated rings. The third-order valence-electron chi connectivity index (χ3n) is 3.60. The highest BCUT2D eigenvalue weighted by molar-refractivity contribution is 7.99. The minimum atomic E-state index is 0.0419. The van der Waals surface area contributed by atoms with Crippen molar-refractivity contribution in [3.05, 3.63) is 36.0 Å². The number of benzene rings is 1. The lowest BCUT2D eigenvalue weighted by atomic mass is 10.1. The van der Waals surface area contributed by atoms with Gasteiger partial charge in [0, 0.05) is 36.5 Å². The standard InChI is InChI=1S/C16H19N3OS/c1-2-17-15-13-6-4-3-5-12(13)11-14(18-15)16(20)19-7-9-21-10-8-19/h3-6,11H,2,7-10H2,1H3,(H,17,18). The molecule has 4 nitrogen and oxygen atoms in total. The smallest absolute Gasteiger partial charge is 0.272 e. The van der Waals surface area contributed by atoms with E-state index in [4.69, 9.17) is 0 Å². The zero-order valence-corrected chi connectivity index (χ0v) is 12.9. The van der Waals surface area contributed by atoms with Gasteiger partial charge in [-0.05, 0) is 18.4 Å². The maximum atomic E-state index is 12.6. The lowest BCUT2D eigenvalue weighted by Gasteiger charge is -2.26. The second-order valence-electron chi connectivity index (χ2n) is 5.01. The number of nitrogens with one attached hydrogen (secondary N) is 1. The van der Waals surface area contributed by atoms with Crippen LogP contribution in [0.25, 0.3) is 10.8 Å². The van der Waals surface area contributed by atoms with Crippen LogP contribution in [-0.4, -0.2) is 46.9 Å². The largest absolute Gasteiger partial charge is 0.370 e. The summed E-state index contributed by atoms with van der Waals surface area (Å²) < 4.78 is 0. The van der Waals surface area contributed by atoms with Crippen molar-refractivity contribution in [1.29, 1.82) is 0 Å². The maximum absolute atomic E-state index is 12.6. The second kappa shape index (κ2) is 6.35. The van der Waals surface area contributed by atoms with Crippen LogP contribution in [0.4, 0.5) is 5.82 Å². The summed E-state index contributed by atoms with van der Waals surface area (Å²) in [5.74, 6) is 2.87. The van der Waals surface area contributed by atoms with Crippen molar-refractivity contribution < 1.29 is 4.79 Å². The first kappa shape index (κ1) is 14.2. The molecule has 0 atom stereocenters. The highest BCUT2D eigenvalue weighted by atomic mass is 32.2. The van der Waals surface area contributed by atoms with E-state index in [1.807, 2.05) is 53.9 Å². The van der Waals surface area contributed by atoms with E-state index < -0.39 is 0 Å². The lowest BCUT2D eigenvalue weighted by molar-refractivity contribution is 0.0767. The summed E-state index contributed by atoms with van der Waals surface area (Å²) in [6.07, 6.45) is 0. The van der Waals surface area contributed by atoms with E-state index in [0.717, 1.165) is 47.7 Å². The molecule has 1 aliphatic heterocycles. The molecule has 1 N–H and O–H groups in total. The summed E-state index contributed by atoms with van der Waals surface area (Å²) in [6, 6.07) is 9.95. The van der Waals surface area contributed by atoms with Crippen LogP contribution >= 0.6 is 11.8 Å². The Morgan fingerprint density at radius 2 is 2.10 bits per heavy atom. The topological polar surface area (TPSA) is 45.2 Å². The van der Waals surface area contributed by atoms with Gasteiger partial charge in [0.15, 0.2) is 0 Å². The zero-order chi connectivity index (χ0) is 14.7. The number of thioether (sulfide) groups is 1. The van der Waals surface area contributed by atoms with E-state index in [2.05, 4.69) is 10.3 Å². The quantitative estimate of drug-likeness (QED) is 0.947. The summed E-state index contributed by atoms with van der Waals surface area (Å²) >= 11 is 1.90. The molecule has 0 radical (unpaired) electrons. The number of carbonyl (C=O) groups excluding carboxylic acids is 1. The summed E-state index contributed by atoms with van der Waals surface area (Å²) in [4.78, 5) is 19.1. The number of hydrogen-bond donors (Lipinski definition) is 1. The summed E-state index contributed by atoms with van der Waals surface area (Å²) in [6.45, 7) is 4.45. The molecule has 1 aromatic carbocycles. The van der Waals surface area contributed by atoms with E-state index in [1.54, 1.807) is 0 Å². The molecule has 2 aromatic rings. The Morgan fingerprint density at radius 3 is 2.86 bits per heavy atom. The van der Waals surface area contributed by atoms with Crippen LogP contribution in [0.3, 0.4) is 0 Å². The fourth-order valence-corrected chi connectivity index (χ4v) is 3.44. The molecule has 3 rings (SSSR count). The molecule has 0 unspecified atom stereocenters. The molecule has 1 aliphatic rings. The molecule has 1 amide bonds. The molecule has 21 heavy (non-hydrogen) atoms. The van der Waals surface area contributed by atoms with E-state index in [0.29, 0.717) is 5.69 Å². The van der Waals surface area contributed by atoms with Crippen molar-refractivity contribution in [1.82, 2.24) is 9.88 Å². The third-order valence-corrected chi connectivity index (χ3v) is 4.54. The molecule has 1 aromatic heterocycles. The Hall–Kier alpha value is -1.75. The molecule has 0 bridgehead atoms. The molecular weight excluding hydrogens is 282 g/mol. The normalized spacial score (nSPS) is 15.2. The molecule has 1 saturated heterocycles. The molecule has 0 aliphatic carbocycles. The van der Waals surface area contributed by atoms with Gasteiger partial charge in [0.1, 0.15) is 11.5 Å². The number of hydrogen-bond acceptors (Lipinski definition) is 4. The zero-order valence-electron chi connectivity index (χ0n) is 12.1. The predicted octanol–water partition coefficient (Wildman–Crippen LogP) is 2.86. The average Bonchev–Trinajstić information content (AvgIpc) is 2.55. The van der Waals surface area contributed by atoms with Crippen LogP contribution in [0.1, 0.15) is 17.4 Å². The summed E-state index contributed by atoms with van der Waals surface area (Å²) in [5, 5.41) is 5.38. The second-order valence-corrected chi connectivity index (χ2v) is 6.24. The Balaban J connectivity index is 1.99. The van der Waals surface area contributed by atoms with Gasteiger partial charge in [0.05, 0.1) is 0 Å². The van der Waals surface area contributed by atoms with Gasteiger partial charge < -0.3 is 10.2 Å². The van der Waals surface area contributed by atoms with Crippen molar-refractivity contribution in [2.45, 2.75) is 6.92 Å². The third kappa shape index (κ3) is 2.97. The molecule has 2 heterocycles. The highest BCUT2D eigenvalue weighted by Gasteiger charge is 2.20. The summed E-state index contributed by atoms with van der Waals surface area (Å²) in [7, 11) is 0. The lowest BCUT2D eigenvalue weighted by Crippen LogP contribution is -2.38. The van der Waals surface area contributed by atoms with Gasteiger partial charge in [-0.15, -0.1) is 0 Å². The van der Waals surface area contributed by atoms with Crippen molar-refractivity contribution >= 4 is 34.3 Å². The van der Waals surface area contributed by atoms with Crippen LogP contribution in [0.15, 0.2) is 30.3 Å². The number of pyridine rings is 1. The maximum Gasteiger partial charge on any atom is 0.272 e. The minimum absolute atomic E-state index is 0.0419. The van der Waals surface area contributed by atoms with Gasteiger partial charge in [-0.2, -0.15) is 11.8 Å². The van der Waals surface area contributed by atoms with Crippen LogP contribution in [-0.2, 0) is 0 Å². The summed E-state index contributed by atoms with van der Waals surface area (Å²) in [5.41, 5.74) is 0.538. The van der Waals surface area contributed by atoms with Crippen molar-refractivity contribution in [3.63, 3.8) is 0 Å². The number of rotatable bonds is 3. The number of nitrogens with zero attached hydrogens (tertiary/aromatic N) is 2. The first-order valence-corrected chi connectivity index (χ1v) is 8.45. The van der Waals surface area contributed by atoms with Gasteiger partial charge in [-0.1, -0.05) is 24.3 Å². The van der Waals surface area contributed by atoms with Gasteiger partial charge >= 0.3 is 0 Å².